The first kappa shape index (κ1) is 20.2. The van der Waals surface area contributed by atoms with Crippen LogP contribution in [0.15, 0.2) is 24.3 Å². The van der Waals surface area contributed by atoms with E-state index in [1.807, 2.05) is 12.1 Å². The van der Waals surface area contributed by atoms with Crippen LogP contribution in [0.3, 0.4) is 0 Å². The molecular formula is C21H32FN3O2. The molecule has 150 valence electrons. The fourth-order valence-corrected chi connectivity index (χ4v) is 4.26. The molecular weight excluding hydrogens is 345 g/mol. The highest BCUT2D eigenvalue weighted by molar-refractivity contribution is 5.78. The molecule has 1 atom stereocenters. The number of rotatable bonds is 7. The van der Waals surface area contributed by atoms with E-state index in [1.54, 1.807) is 7.11 Å². The van der Waals surface area contributed by atoms with Gasteiger partial charge in [-0.1, -0.05) is 12.1 Å². The molecule has 0 aromatic heterocycles. The van der Waals surface area contributed by atoms with Gasteiger partial charge in [0.1, 0.15) is 5.82 Å². The van der Waals surface area contributed by atoms with E-state index in [0.717, 1.165) is 58.4 Å². The molecule has 0 spiro atoms. The van der Waals surface area contributed by atoms with E-state index >= 15 is 0 Å². The van der Waals surface area contributed by atoms with E-state index in [9.17, 15) is 9.18 Å². The lowest BCUT2D eigenvalue weighted by Gasteiger charge is -2.42. The summed E-state index contributed by atoms with van der Waals surface area (Å²) in [6, 6.07) is 7.39. The first-order valence-electron chi connectivity index (χ1n) is 10.1. The van der Waals surface area contributed by atoms with Gasteiger partial charge in [0.05, 0.1) is 12.5 Å². The van der Waals surface area contributed by atoms with Crippen LogP contribution in [0, 0.1) is 11.7 Å². The summed E-state index contributed by atoms with van der Waals surface area (Å²) in [5.74, 6) is 0.0988. The van der Waals surface area contributed by atoms with E-state index in [4.69, 9.17) is 4.74 Å². The SMILES string of the molecule is COCCNC(=O)C1CCCN(C2CCN(Cc3ccc(F)cc3)CC2)C1. The number of piperidine rings is 2. The molecule has 2 saturated heterocycles. The maximum atomic E-state index is 13.0. The van der Waals surface area contributed by atoms with Crippen LogP contribution in [-0.4, -0.2) is 68.2 Å². The summed E-state index contributed by atoms with van der Waals surface area (Å²) >= 11 is 0. The van der Waals surface area contributed by atoms with Crippen LogP contribution in [0.4, 0.5) is 4.39 Å². The second-order valence-electron chi connectivity index (χ2n) is 7.75. The Morgan fingerprint density at radius 1 is 1.19 bits per heavy atom. The Balaban J connectivity index is 1.43. The highest BCUT2D eigenvalue weighted by Gasteiger charge is 2.31. The second-order valence-corrected chi connectivity index (χ2v) is 7.75. The van der Waals surface area contributed by atoms with Crippen molar-refractivity contribution in [2.75, 3.05) is 46.4 Å². The number of likely N-dealkylation sites (tertiary alicyclic amines) is 2. The summed E-state index contributed by atoms with van der Waals surface area (Å²) in [6.45, 7) is 6.14. The monoisotopic (exact) mass is 377 g/mol. The van der Waals surface area contributed by atoms with Gasteiger partial charge in [0, 0.05) is 32.8 Å². The van der Waals surface area contributed by atoms with Crippen molar-refractivity contribution in [2.24, 2.45) is 5.92 Å². The molecule has 27 heavy (non-hydrogen) atoms. The van der Waals surface area contributed by atoms with Gasteiger partial charge >= 0.3 is 0 Å². The third-order valence-electron chi connectivity index (χ3n) is 5.82. The van der Waals surface area contributed by atoms with E-state index < -0.39 is 0 Å². The van der Waals surface area contributed by atoms with Crippen molar-refractivity contribution in [3.8, 4) is 0 Å². The van der Waals surface area contributed by atoms with Gasteiger partial charge < -0.3 is 10.1 Å². The number of ether oxygens (including phenoxy) is 1. The largest absolute Gasteiger partial charge is 0.383 e. The van der Waals surface area contributed by atoms with Gasteiger partial charge in [0.15, 0.2) is 0 Å². The van der Waals surface area contributed by atoms with E-state index in [-0.39, 0.29) is 17.6 Å². The standard InChI is InChI=1S/C21H32FN3O2/c1-27-14-10-23-21(26)18-3-2-11-25(16-18)20-8-12-24(13-9-20)15-17-4-6-19(22)7-5-17/h4-7,18,20H,2-3,8-16H2,1H3,(H,23,26). The highest BCUT2D eigenvalue weighted by atomic mass is 19.1. The fourth-order valence-electron chi connectivity index (χ4n) is 4.26. The van der Waals surface area contributed by atoms with Crippen molar-refractivity contribution in [3.63, 3.8) is 0 Å². The number of nitrogens with zero attached hydrogens (tertiary/aromatic N) is 2. The van der Waals surface area contributed by atoms with Gasteiger partial charge in [-0.15, -0.1) is 0 Å². The molecule has 3 rings (SSSR count). The molecule has 0 saturated carbocycles. The van der Waals surface area contributed by atoms with Gasteiger partial charge in [0.2, 0.25) is 5.91 Å². The van der Waals surface area contributed by atoms with Crippen molar-refractivity contribution >= 4 is 5.91 Å². The number of carbonyl (C=O) groups is 1. The number of amides is 1. The van der Waals surface area contributed by atoms with Crippen molar-refractivity contribution in [1.82, 2.24) is 15.1 Å². The molecule has 0 radical (unpaired) electrons. The van der Waals surface area contributed by atoms with Crippen LogP contribution >= 0.6 is 0 Å². The first-order chi connectivity index (χ1) is 13.2. The van der Waals surface area contributed by atoms with Crippen molar-refractivity contribution in [2.45, 2.75) is 38.3 Å². The zero-order chi connectivity index (χ0) is 19.1. The van der Waals surface area contributed by atoms with Gasteiger partial charge in [-0.05, 0) is 63.0 Å². The zero-order valence-electron chi connectivity index (χ0n) is 16.3. The lowest BCUT2D eigenvalue weighted by Crippen LogP contribution is -2.50. The number of benzene rings is 1. The lowest BCUT2D eigenvalue weighted by molar-refractivity contribution is -0.127. The summed E-state index contributed by atoms with van der Waals surface area (Å²) in [7, 11) is 1.65. The van der Waals surface area contributed by atoms with Gasteiger partial charge in [-0.3, -0.25) is 14.6 Å². The molecule has 2 aliphatic heterocycles. The van der Waals surface area contributed by atoms with Gasteiger partial charge in [-0.25, -0.2) is 4.39 Å². The Bertz CT molecular complexity index is 588. The smallest absolute Gasteiger partial charge is 0.224 e. The Kier molecular flexibility index (Phi) is 7.61. The second kappa shape index (κ2) is 10.2. The minimum absolute atomic E-state index is 0.104. The minimum Gasteiger partial charge on any atom is -0.383 e. The molecule has 2 fully saturated rings. The summed E-state index contributed by atoms with van der Waals surface area (Å²) in [6.07, 6.45) is 4.36. The molecule has 1 unspecified atom stereocenters. The third kappa shape index (κ3) is 5.99. The van der Waals surface area contributed by atoms with Crippen LogP contribution in [0.25, 0.3) is 0 Å². The predicted molar refractivity (Wildman–Crippen MR) is 104 cm³/mol. The average Bonchev–Trinajstić information content (AvgIpc) is 2.70. The normalized spacial score (nSPS) is 22.7. The zero-order valence-corrected chi connectivity index (χ0v) is 16.3. The first-order valence-corrected chi connectivity index (χ1v) is 10.1. The Morgan fingerprint density at radius 2 is 1.93 bits per heavy atom. The summed E-state index contributed by atoms with van der Waals surface area (Å²) < 4.78 is 18.0. The molecule has 2 heterocycles. The highest BCUT2D eigenvalue weighted by Crippen LogP contribution is 2.24. The van der Waals surface area contributed by atoms with E-state index in [1.165, 1.54) is 17.7 Å². The molecule has 1 amide bonds. The van der Waals surface area contributed by atoms with E-state index in [2.05, 4.69) is 15.1 Å². The van der Waals surface area contributed by atoms with Crippen LogP contribution in [0.1, 0.15) is 31.2 Å². The molecule has 1 aromatic carbocycles. The summed E-state index contributed by atoms with van der Waals surface area (Å²) in [5.41, 5.74) is 1.17. The number of halogens is 1. The molecule has 6 heteroatoms. The number of nitrogens with one attached hydrogen (secondary N) is 1. The van der Waals surface area contributed by atoms with Crippen LogP contribution in [0.2, 0.25) is 0 Å². The maximum absolute atomic E-state index is 13.0. The lowest BCUT2D eigenvalue weighted by atomic mass is 9.93. The molecule has 1 aromatic rings. The Hall–Kier alpha value is -1.50. The van der Waals surface area contributed by atoms with Crippen molar-refractivity contribution in [3.05, 3.63) is 35.6 Å². The quantitative estimate of drug-likeness (QED) is 0.741. The maximum Gasteiger partial charge on any atom is 0.224 e. The molecule has 2 aliphatic rings. The minimum atomic E-state index is -0.177. The number of hydrogen-bond donors (Lipinski definition) is 1. The van der Waals surface area contributed by atoms with E-state index in [0.29, 0.717) is 19.2 Å². The van der Waals surface area contributed by atoms with Crippen LogP contribution in [-0.2, 0) is 16.1 Å². The summed E-state index contributed by atoms with van der Waals surface area (Å²) in [4.78, 5) is 17.3. The third-order valence-corrected chi connectivity index (χ3v) is 5.82. The molecule has 5 nitrogen and oxygen atoms in total. The Morgan fingerprint density at radius 3 is 2.63 bits per heavy atom. The topological polar surface area (TPSA) is 44.8 Å². The molecule has 0 bridgehead atoms. The van der Waals surface area contributed by atoms with Crippen LogP contribution < -0.4 is 5.32 Å². The molecule has 1 N–H and O–H groups in total. The Labute approximate surface area is 161 Å². The molecule has 0 aliphatic carbocycles. The number of hydrogen-bond acceptors (Lipinski definition) is 4. The fraction of sp³-hybridized carbons (Fsp3) is 0.667. The number of methoxy groups -OCH3 is 1. The van der Waals surface area contributed by atoms with Gasteiger partial charge in [-0.2, -0.15) is 0 Å². The number of carbonyl (C=O) groups excluding carboxylic acids is 1. The average molecular weight is 378 g/mol. The predicted octanol–water partition coefficient (Wildman–Crippen LogP) is 2.26. The van der Waals surface area contributed by atoms with Gasteiger partial charge in [0.25, 0.3) is 0 Å². The summed E-state index contributed by atoms with van der Waals surface area (Å²) in [5, 5.41) is 2.99. The van der Waals surface area contributed by atoms with Crippen molar-refractivity contribution in [1.29, 1.82) is 0 Å². The van der Waals surface area contributed by atoms with Crippen molar-refractivity contribution < 1.29 is 13.9 Å². The van der Waals surface area contributed by atoms with Crippen LogP contribution in [0.5, 0.6) is 0 Å².